The number of hydrogen-bond acceptors (Lipinski definition) is 6. The molecule has 1 N–H and O–H groups in total. The lowest BCUT2D eigenvalue weighted by atomic mass is 10.1. The number of aromatic nitrogens is 2. The number of rotatable bonds is 4. The summed E-state index contributed by atoms with van der Waals surface area (Å²) in [5.74, 6) is -0.563. The molecule has 10 heteroatoms. The Bertz CT molecular complexity index is 1410. The first kappa shape index (κ1) is 22.4. The van der Waals surface area contributed by atoms with E-state index in [1.54, 1.807) is 17.2 Å². The third-order valence-electron chi connectivity index (χ3n) is 7.43. The number of hydrogen-bond donors (Lipinski definition) is 1. The molecule has 3 aromatic heterocycles. The summed E-state index contributed by atoms with van der Waals surface area (Å²) in [6.07, 6.45) is 2.54. The summed E-state index contributed by atoms with van der Waals surface area (Å²) in [7, 11) is 0. The van der Waals surface area contributed by atoms with Crippen LogP contribution in [-0.2, 0) is 16.1 Å². The fraction of sp³-hybridized carbons (Fsp3) is 0.400. The van der Waals surface area contributed by atoms with Crippen LogP contribution in [0.3, 0.4) is 0 Å². The molecule has 8 nitrogen and oxygen atoms in total. The van der Waals surface area contributed by atoms with E-state index in [1.807, 2.05) is 32.9 Å². The Kier molecular flexibility index (Phi) is 4.95. The Morgan fingerprint density at radius 1 is 1.20 bits per heavy atom. The van der Waals surface area contributed by atoms with Gasteiger partial charge in [0.05, 0.1) is 40.0 Å². The molecule has 0 radical (unpaired) electrons. The number of piperidine rings is 1. The first-order valence-electron chi connectivity index (χ1n) is 11.6. The SMILES string of the molecule is Cc1cc(Cl)nc(-c2ccnc3cc(CN4C(=O)C5C(C4=O)C5(C)C)sc23)c1N1CCCNC1=O. The summed E-state index contributed by atoms with van der Waals surface area (Å²) in [6, 6.07) is 5.40. The normalized spacial score (nSPS) is 23.1. The molecule has 6 rings (SSSR count). The molecule has 4 amide bonds. The number of nitrogens with zero attached hydrogens (tertiary/aromatic N) is 4. The van der Waals surface area contributed by atoms with Crippen LogP contribution >= 0.6 is 22.9 Å². The summed E-state index contributed by atoms with van der Waals surface area (Å²) < 4.78 is 0.875. The van der Waals surface area contributed by atoms with Crippen LogP contribution in [0.2, 0.25) is 5.15 Å². The molecule has 3 aliphatic rings. The van der Waals surface area contributed by atoms with Gasteiger partial charge in [0.2, 0.25) is 11.8 Å². The molecule has 0 aromatic carbocycles. The molecular weight excluding hydrogens is 486 g/mol. The summed E-state index contributed by atoms with van der Waals surface area (Å²) in [5, 5.41) is 3.24. The number of aryl methyl sites for hydroxylation is 1. The molecule has 180 valence electrons. The van der Waals surface area contributed by atoms with E-state index in [1.165, 1.54) is 16.2 Å². The van der Waals surface area contributed by atoms with E-state index in [9.17, 15) is 14.4 Å². The molecule has 2 aliphatic heterocycles. The average molecular weight is 510 g/mol. The van der Waals surface area contributed by atoms with Gasteiger partial charge in [-0.3, -0.25) is 24.4 Å². The van der Waals surface area contributed by atoms with Crippen molar-refractivity contribution >= 4 is 56.7 Å². The van der Waals surface area contributed by atoms with E-state index in [0.717, 1.165) is 38.3 Å². The Labute approximate surface area is 211 Å². The summed E-state index contributed by atoms with van der Waals surface area (Å²) in [5.41, 5.74) is 3.53. The van der Waals surface area contributed by atoms with Gasteiger partial charge >= 0.3 is 6.03 Å². The predicted octanol–water partition coefficient (Wildman–Crippen LogP) is 4.38. The highest BCUT2D eigenvalue weighted by atomic mass is 35.5. The molecule has 3 fully saturated rings. The van der Waals surface area contributed by atoms with Crippen molar-refractivity contribution in [2.24, 2.45) is 17.3 Å². The minimum Gasteiger partial charge on any atom is -0.338 e. The Hall–Kier alpha value is -3.04. The van der Waals surface area contributed by atoms with E-state index < -0.39 is 0 Å². The molecule has 1 saturated carbocycles. The van der Waals surface area contributed by atoms with Crippen LogP contribution in [0.25, 0.3) is 21.5 Å². The minimum absolute atomic E-state index is 0.0823. The standard InChI is InChI=1S/C25H24ClN5O3S/c1-12-9-16(26)29-19(20(12)30-8-4-6-28-24(30)34)14-5-7-27-15-10-13(35-21(14)15)11-31-22(32)17-18(23(31)33)25(17,2)3/h5,7,9-10,17-18H,4,6,8,11H2,1-3H3,(H,28,34). The fourth-order valence-electron chi connectivity index (χ4n) is 5.56. The van der Waals surface area contributed by atoms with Gasteiger partial charge in [-0.25, -0.2) is 9.78 Å². The topological polar surface area (TPSA) is 95.5 Å². The Balaban J connectivity index is 1.41. The van der Waals surface area contributed by atoms with Gasteiger partial charge in [0.1, 0.15) is 5.15 Å². The second-order valence-corrected chi connectivity index (χ2v) is 11.5. The number of thiophene rings is 1. The number of nitrogens with one attached hydrogen (secondary N) is 1. The van der Waals surface area contributed by atoms with Crippen LogP contribution in [-0.4, -0.2) is 45.8 Å². The Morgan fingerprint density at radius 3 is 2.66 bits per heavy atom. The first-order valence-corrected chi connectivity index (χ1v) is 12.8. The van der Waals surface area contributed by atoms with E-state index in [2.05, 4.69) is 15.3 Å². The molecule has 5 heterocycles. The van der Waals surface area contributed by atoms with Crippen LogP contribution in [0.5, 0.6) is 0 Å². The van der Waals surface area contributed by atoms with Crippen LogP contribution in [0.1, 0.15) is 30.7 Å². The lowest BCUT2D eigenvalue weighted by Crippen LogP contribution is -2.47. The van der Waals surface area contributed by atoms with Crippen LogP contribution < -0.4 is 10.2 Å². The number of anilines is 1. The van der Waals surface area contributed by atoms with E-state index in [4.69, 9.17) is 11.6 Å². The van der Waals surface area contributed by atoms with E-state index in [-0.39, 0.29) is 41.6 Å². The van der Waals surface area contributed by atoms with Crippen molar-refractivity contribution in [2.45, 2.75) is 33.7 Å². The maximum absolute atomic E-state index is 12.8. The summed E-state index contributed by atoms with van der Waals surface area (Å²) in [6.45, 7) is 7.35. The van der Waals surface area contributed by atoms with Gasteiger partial charge in [-0.1, -0.05) is 25.4 Å². The number of likely N-dealkylation sites (tertiary alicyclic amines) is 1. The van der Waals surface area contributed by atoms with Gasteiger partial charge in [-0.05, 0) is 42.5 Å². The molecule has 3 aromatic rings. The second-order valence-electron chi connectivity index (χ2n) is 10.0. The number of carbonyl (C=O) groups is 3. The van der Waals surface area contributed by atoms with Gasteiger partial charge in [-0.2, -0.15) is 0 Å². The van der Waals surface area contributed by atoms with Crippen molar-refractivity contribution < 1.29 is 14.4 Å². The van der Waals surface area contributed by atoms with E-state index in [0.29, 0.717) is 23.9 Å². The number of halogens is 1. The van der Waals surface area contributed by atoms with Crippen LogP contribution in [0.15, 0.2) is 24.4 Å². The molecular formula is C25H24ClN5O3S. The molecule has 2 atom stereocenters. The second kappa shape index (κ2) is 7.73. The molecule has 2 saturated heterocycles. The molecule has 35 heavy (non-hydrogen) atoms. The van der Waals surface area contributed by atoms with E-state index >= 15 is 0 Å². The van der Waals surface area contributed by atoms with Crippen LogP contribution in [0, 0.1) is 24.2 Å². The average Bonchev–Trinajstić information content (AvgIpc) is 3.05. The zero-order valence-corrected chi connectivity index (χ0v) is 21.2. The molecule has 0 spiro atoms. The van der Waals surface area contributed by atoms with Crippen molar-refractivity contribution in [2.75, 3.05) is 18.0 Å². The van der Waals surface area contributed by atoms with Gasteiger partial charge in [0.25, 0.3) is 0 Å². The number of fused-ring (bicyclic) bond motifs is 2. The third-order valence-corrected chi connectivity index (χ3v) is 8.76. The number of carbonyl (C=O) groups excluding carboxylic acids is 3. The van der Waals surface area contributed by atoms with Crippen molar-refractivity contribution in [3.8, 4) is 11.3 Å². The maximum atomic E-state index is 12.8. The molecule has 1 aliphatic carbocycles. The zero-order valence-electron chi connectivity index (χ0n) is 19.6. The fourth-order valence-corrected chi connectivity index (χ4v) is 6.93. The number of imide groups is 1. The number of urea groups is 1. The van der Waals surface area contributed by atoms with Crippen molar-refractivity contribution in [1.82, 2.24) is 20.2 Å². The van der Waals surface area contributed by atoms with Crippen molar-refractivity contribution in [3.05, 3.63) is 40.0 Å². The smallest absolute Gasteiger partial charge is 0.321 e. The van der Waals surface area contributed by atoms with Gasteiger partial charge < -0.3 is 5.32 Å². The monoisotopic (exact) mass is 509 g/mol. The third kappa shape index (κ3) is 3.36. The first-order chi connectivity index (χ1) is 16.7. The van der Waals surface area contributed by atoms with Crippen molar-refractivity contribution in [3.63, 3.8) is 0 Å². The summed E-state index contributed by atoms with van der Waals surface area (Å²) in [4.78, 5) is 51.5. The van der Waals surface area contributed by atoms with Crippen molar-refractivity contribution in [1.29, 1.82) is 0 Å². The Morgan fingerprint density at radius 2 is 1.94 bits per heavy atom. The predicted molar refractivity (Wildman–Crippen MR) is 134 cm³/mol. The highest BCUT2D eigenvalue weighted by molar-refractivity contribution is 7.19. The molecule has 0 bridgehead atoms. The minimum atomic E-state index is -0.229. The zero-order chi connectivity index (χ0) is 24.6. The van der Waals surface area contributed by atoms with Crippen LogP contribution in [0.4, 0.5) is 10.5 Å². The van der Waals surface area contributed by atoms with Gasteiger partial charge in [-0.15, -0.1) is 11.3 Å². The number of pyridine rings is 2. The molecule has 2 unspecified atom stereocenters. The quantitative estimate of drug-likeness (QED) is 0.416. The maximum Gasteiger partial charge on any atom is 0.321 e. The largest absolute Gasteiger partial charge is 0.338 e. The summed E-state index contributed by atoms with van der Waals surface area (Å²) >= 11 is 7.85. The highest BCUT2D eigenvalue weighted by Crippen LogP contribution is 2.63. The van der Waals surface area contributed by atoms with Gasteiger partial charge in [0.15, 0.2) is 0 Å². The highest BCUT2D eigenvalue weighted by Gasteiger charge is 2.72. The van der Waals surface area contributed by atoms with Gasteiger partial charge in [0, 0.05) is 29.7 Å². The lowest BCUT2D eigenvalue weighted by Gasteiger charge is -2.30. The lowest BCUT2D eigenvalue weighted by molar-refractivity contribution is -0.143. The number of amides is 4.